The molecule has 0 fully saturated rings. The molecule has 0 spiro atoms. The summed E-state index contributed by atoms with van der Waals surface area (Å²) >= 11 is 0. The monoisotopic (exact) mass is 268 g/mol. The highest BCUT2D eigenvalue weighted by Gasteiger charge is 2.14. The molecular formula is C15H16N4O. The van der Waals surface area contributed by atoms with Gasteiger partial charge in [-0.1, -0.05) is 12.2 Å². The van der Waals surface area contributed by atoms with Crippen molar-refractivity contribution >= 4 is 11.6 Å². The maximum absolute atomic E-state index is 11.9. The van der Waals surface area contributed by atoms with Gasteiger partial charge in [0, 0.05) is 18.8 Å². The molecule has 1 aliphatic carbocycles. The van der Waals surface area contributed by atoms with E-state index in [2.05, 4.69) is 27.4 Å². The molecule has 1 amide bonds. The number of aromatic nitrogens is 3. The molecule has 3 rings (SSSR count). The first-order chi connectivity index (χ1) is 9.81. The Morgan fingerprint density at radius 2 is 2.40 bits per heavy atom. The van der Waals surface area contributed by atoms with E-state index >= 15 is 0 Å². The van der Waals surface area contributed by atoms with Gasteiger partial charge in [0.1, 0.15) is 12.1 Å². The standard InChI is InChI=1S/C15H16N4O/c20-15(9-12-3-1-2-4-12)18-13-5-6-14(17-10-13)19-8-7-16-11-19/h1,3,5-8,10-12H,2,4,9H2,(H,18,20)/t12-/m0/s1. The van der Waals surface area contributed by atoms with Gasteiger partial charge in [-0.25, -0.2) is 9.97 Å². The number of carbonyl (C=O) groups excluding carboxylic acids is 1. The van der Waals surface area contributed by atoms with Crippen molar-refractivity contribution < 1.29 is 4.79 Å². The lowest BCUT2D eigenvalue weighted by Crippen LogP contribution is -2.15. The summed E-state index contributed by atoms with van der Waals surface area (Å²) < 4.78 is 1.81. The lowest BCUT2D eigenvalue weighted by atomic mass is 10.1. The summed E-state index contributed by atoms with van der Waals surface area (Å²) in [5.74, 6) is 1.20. The van der Waals surface area contributed by atoms with Crippen LogP contribution in [0.2, 0.25) is 0 Å². The van der Waals surface area contributed by atoms with Crippen LogP contribution in [0.1, 0.15) is 19.3 Å². The van der Waals surface area contributed by atoms with E-state index in [0.29, 0.717) is 12.3 Å². The Morgan fingerprint density at radius 3 is 3.05 bits per heavy atom. The fourth-order valence-electron chi connectivity index (χ4n) is 2.32. The number of hydrogen-bond acceptors (Lipinski definition) is 3. The number of allylic oxidation sites excluding steroid dienone is 2. The Hall–Kier alpha value is -2.43. The summed E-state index contributed by atoms with van der Waals surface area (Å²) in [6, 6.07) is 3.71. The molecule has 0 aliphatic heterocycles. The highest BCUT2D eigenvalue weighted by atomic mass is 16.1. The average Bonchev–Trinajstić information content (AvgIpc) is 3.12. The van der Waals surface area contributed by atoms with Crippen LogP contribution in [0.25, 0.3) is 5.82 Å². The highest BCUT2D eigenvalue weighted by Crippen LogP contribution is 2.21. The average molecular weight is 268 g/mol. The van der Waals surface area contributed by atoms with Crippen LogP contribution in [0.3, 0.4) is 0 Å². The van der Waals surface area contributed by atoms with E-state index in [-0.39, 0.29) is 5.91 Å². The summed E-state index contributed by atoms with van der Waals surface area (Å²) in [6.45, 7) is 0. The molecule has 0 unspecified atom stereocenters. The van der Waals surface area contributed by atoms with Crippen LogP contribution in [0.15, 0.2) is 49.2 Å². The number of imidazole rings is 1. The third-order valence-corrected chi connectivity index (χ3v) is 3.36. The summed E-state index contributed by atoms with van der Waals surface area (Å²) in [4.78, 5) is 20.2. The predicted molar refractivity (Wildman–Crippen MR) is 76.5 cm³/mol. The van der Waals surface area contributed by atoms with Crippen molar-refractivity contribution in [2.24, 2.45) is 5.92 Å². The number of carbonyl (C=O) groups is 1. The summed E-state index contributed by atoms with van der Waals surface area (Å²) in [7, 11) is 0. The molecule has 0 saturated carbocycles. The Kier molecular flexibility index (Phi) is 3.58. The second kappa shape index (κ2) is 5.69. The minimum atomic E-state index is 0.0405. The van der Waals surface area contributed by atoms with Crippen molar-refractivity contribution in [2.45, 2.75) is 19.3 Å². The van der Waals surface area contributed by atoms with Gasteiger partial charge in [0.25, 0.3) is 0 Å². The second-order valence-electron chi connectivity index (χ2n) is 4.89. The number of anilines is 1. The number of nitrogens with one attached hydrogen (secondary N) is 1. The molecule has 0 bridgehead atoms. The molecule has 20 heavy (non-hydrogen) atoms. The van der Waals surface area contributed by atoms with E-state index in [9.17, 15) is 4.79 Å². The molecule has 2 aromatic rings. The summed E-state index contributed by atoms with van der Waals surface area (Å²) in [5.41, 5.74) is 0.723. The lowest BCUT2D eigenvalue weighted by molar-refractivity contribution is -0.116. The van der Waals surface area contributed by atoms with Crippen molar-refractivity contribution in [3.8, 4) is 5.82 Å². The zero-order valence-corrected chi connectivity index (χ0v) is 11.1. The fraction of sp³-hybridized carbons (Fsp3) is 0.267. The van der Waals surface area contributed by atoms with Crippen LogP contribution >= 0.6 is 0 Å². The van der Waals surface area contributed by atoms with E-state index < -0.39 is 0 Å². The number of amides is 1. The van der Waals surface area contributed by atoms with Gasteiger partial charge in [0.2, 0.25) is 5.91 Å². The maximum atomic E-state index is 11.9. The van der Waals surface area contributed by atoms with Crippen molar-refractivity contribution in [2.75, 3.05) is 5.32 Å². The fourth-order valence-corrected chi connectivity index (χ4v) is 2.32. The molecule has 1 aliphatic rings. The predicted octanol–water partition coefficient (Wildman–Crippen LogP) is 2.56. The van der Waals surface area contributed by atoms with Crippen LogP contribution in [0, 0.1) is 5.92 Å². The molecule has 102 valence electrons. The van der Waals surface area contributed by atoms with E-state index in [4.69, 9.17) is 0 Å². The van der Waals surface area contributed by atoms with Crippen molar-refractivity contribution in [3.63, 3.8) is 0 Å². The molecule has 0 radical (unpaired) electrons. The van der Waals surface area contributed by atoms with E-state index in [1.807, 2.05) is 22.9 Å². The van der Waals surface area contributed by atoms with E-state index in [1.165, 1.54) is 0 Å². The van der Waals surface area contributed by atoms with Crippen molar-refractivity contribution in [3.05, 3.63) is 49.2 Å². The Bertz CT molecular complexity index is 601. The number of rotatable bonds is 4. The van der Waals surface area contributed by atoms with Crippen LogP contribution in [-0.2, 0) is 4.79 Å². The second-order valence-corrected chi connectivity index (χ2v) is 4.89. The van der Waals surface area contributed by atoms with Gasteiger partial charge in [-0.2, -0.15) is 0 Å². The smallest absolute Gasteiger partial charge is 0.225 e. The Labute approximate surface area is 117 Å². The minimum absolute atomic E-state index is 0.0405. The van der Waals surface area contributed by atoms with Crippen LogP contribution in [-0.4, -0.2) is 20.4 Å². The van der Waals surface area contributed by atoms with Gasteiger partial charge >= 0.3 is 0 Å². The molecule has 5 heteroatoms. The Morgan fingerprint density at radius 1 is 1.45 bits per heavy atom. The van der Waals surface area contributed by atoms with Gasteiger partial charge in [-0.05, 0) is 30.9 Å². The molecule has 1 atom stereocenters. The molecule has 5 nitrogen and oxygen atoms in total. The summed E-state index contributed by atoms with van der Waals surface area (Å²) in [5, 5.41) is 2.88. The molecule has 0 saturated heterocycles. The zero-order valence-electron chi connectivity index (χ0n) is 11.1. The first-order valence-electron chi connectivity index (χ1n) is 6.72. The number of hydrogen-bond donors (Lipinski definition) is 1. The van der Waals surface area contributed by atoms with Gasteiger partial charge in [0.05, 0.1) is 11.9 Å². The highest BCUT2D eigenvalue weighted by molar-refractivity contribution is 5.90. The maximum Gasteiger partial charge on any atom is 0.225 e. The first kappa shape index (κ1) is 12.6. The lowest BCUT2D eigenvalue weighted by Gasteiger charge is -2.09. The SMILES string of the molecule is O=C(C[C@H]1C=CCC1)Nc1ccc(-n2ccnc2)nc1. The quantitative estimate of drug-likeness (QED) is 0.867. The topological polar surface area (TPSA) is 59.8 Å². The van der Waals surface area contributed by atoms with Crippen LogP contribution in [0.4, 0.5) is 5.69 Å². The van der Waals surface area contributed by atoms with E-state index in [1.54, 1.807) is 18.7 Å². The third kappa shape index (κ3) is 2.93. The normalized spacial score (nSPS) is 17.3. The zero-order chi connectivity index (χ0) is 13.8. The third-order valence-electron chi connectivity index (χ3n) is 3.36. The van der Waals surface area contributed by atoms with Crippen LogP contribution in [0.5, 0.6) is 0 Å². The molecule has 2 heterocycles. The van der Waals surface area contributed by atoms with Crippen LogP contribution < -0.4 is 5.32 Å². The first-order valence-corrected chi connectivity index (χ1v) is 6.72. The Balaban J connectivity index is 1.60. The van der Waals surface area contributed by atoms with Gasteiger partial charge < -0.3 is 5.32 Å². The van der Waals surface area contributed by atoms with Gasteiger partial charge in [-0.15, -0.1) is 0 Å². The minimum Gasteiger partial charge on any atom is -0.325 e. The molecular weight excluding hydrogens is 252 g/mol. The van der Waals surface area contributed by atoms with Crippen molar-refractivity contribution in [1.29, 1.82) is 0 Å². The molecule has 2 aromatic heterocycles. The number of nitrogens with zero attached hydrogens (tertiary/aromatic N) is 3. The largest absolute Gasteiger partial charge is 0.325 e. The summed E-state index contributed by atoms with van der Waals surface area (Å²) in [6.07, 6.45) is 13.8. The van der Waals surface area contributed by atoms with Gasteiger partial charge in [-0.3, -0.25) is 9.36 Å². The molecule has 0 aromatic carbocycles. The van der Waals surface area contributed by atoms with E-state index in [0.717, 1.165) is 24.3 Å². The molecule has 1 N–H and O–H groups in total. The number of pyridine rings is 1. The van der Waals surface area contributed by atoms with Crippen molar-refractivity contribution in [1.82, 2.24) is 14.5 Å². The van der Waals surface area contributed by atoms with Gasteiger partial charge in [0.15, 0.2) is 0 Å².